The number of carboxylic acid groups (broad SMARTS) is 1. The SMILES string of the molecule is Cc1ccc(C(=O)N2C(C(=O)O)CC3CCCCC32)cc1Cl. The number of amides is 1. The molecular weight excluding hydrogens is 302 g/mol. The minimum Gasteiger partial charge on any atom is -0.480 e. The molecule has 5 heteroatoms. The first-order chi connectivity index (χ1) is 10.5. The van der Waals surface area contributed by atoms with Crippen molar-refractivity contribution in [3.63, 3.8) is 0 Å². The molecule has 3 unspecified atom stereocenters. The van der Waals surface area contributed by atoms with E-state index in [0.29, 0.717) is 22.9 Å². The maximum atomic E-state index is 12.9. The Kier molecular flexibility index (Phi) is 4.13. The van der Waals surface area contributed by atoms with Gasteiger partial charge in [-0.05, 0) is 49.8 Å². The highest BCUT2D eigenvalue weighted by molar-refractivity contribution is 6.31. The van der Waals surface area contributed by atoms with Crippen LogP contribution < -0.4 is 0 Å². The van der Waals surface area contributed by atoms with Gasteiger partial charge in [-0.2, -0.15) is 0 Å². The molecule has 0 bridgehead atoms. The van der Waals surface area contributed by atoms with Gasteiger partial charge in [0, 0.05) is 16.6 Å². The molecule has 118 valence electrons. The maximum absolute atomic E-state index is 12.9. The lowest BCUT2D eigenvalue weighted by Crippen LogP contribution is -2.46. The number of aryl methyl sites for hydroxylation is 1. The fraction of sp³-hybridized carbons (Fsp3) is 0.529. The molecule has 0 aromatic heterocycles. The number of carbonyl (C=O) groups is 2. The third-order valence-electron chi connectivity index (χ3n) is 5.03. The molecule has 3 rings (SSSR count). The lowest BCUT2D eigenvalue weighted by Gasteiger charge is -2.33. The van der Waals surface area contributed by atoms with Gasteiger partial charge in [0.25, 0.3) is 5.91 Å². The molecule has 3 atom stereocenters. The van der Waals surface area contributed by atoms with Gasteiger partial charge < -0.3 is 10.0 Å². The zero-order chi connectivity index (χ0) is 15.9. The lowest BCUT2D eigenvalue weighted by molar-refractivity contribution is -0.141. The number of benzene rings is 1. The van der Waals surface area contributed by atoms with Crippen LogP contribution in [-0.4, -0.2) is 34.0 Å². The molecule has 22 heavy (non-hydrogen) atoms. The molecule has 0 spiro atoms. The molecule has 1 aromatic rings. The number of carboxylic acids is 1. The maximum Gasteiger partial charge on any atom is 0.326 e. The summed E-state index contributed by atoms with van der Waals surface area (Å²) in [5.74, 6) is -0.788. The molecule has 1 saturated carbocycles. The molecule has 1 amide bonds. The molecule has 1 heterocycles. The van der Waals surface area contributed by atoms with Gasteiger partial charge in [0.2, 0.25) is 0 Å². The largest absolute Gasteiger partial charge is 0.480 e. The summed E-state index contributed by atoms with van der Waals surface area (Å²) in [6.07, 6.45) is 4.69. The second-order valence-electron chi connectivity index (χ2n) is 6.38. The van der Waals surface area contributed by atoms with Crippen LogP contribution in [0.5, 0.6) is 0 Å². The van der Waals surface area contributed by atoms with Crippen LogP contribution in [-0.2, 0) is 4.79 Å². The fourth-order valence-corrected chi connectivity index (χ4v) is 4.03. The van der Waals surface area contributed by atoms with E-state index in [4.69, 9.17) is 11.6 Å². The lowest BCUT2D eigenvalue weighted by atomic mass is 9.84. The zero-order valence-electron chi connectivity index (χ0n) is 12.6. The van der Waals surface area contributed by atoms with E-state index in [9.17, 15) is 14.7 Å². The van der Waals surface area contributed by atoms with Gasteiger partial charge >= 0.3 is 5.97 Å². The number of likely N-dealkylation sites (tertiary alicyclic amines) is 1. The molecule has 1 saturated heterocycles. The number of rotatable bonds is 2. The van der Waals surface area contributed by atoms with E-state index in [1.54, 1.807) is 23.1 Å². The first-order valence-electron chi connectivity index (χ1n) is 7.80. The van der Waals surface area contributed by atoms with Crippen LogP contribution in [0.25, 0.3) is 0 Å². The van der Waals surface area contributed by atoms with Gasteiger partial charge in [-0.1, -0.05) is 30.5 Å². The van der Waals surface area contributed by atoms with Crippen molar-refractivity contribution in [3.8, 4) is 0 Å². The minimum atomic E-state index is -0.902. The van der Waals surface area contributed by atoms with Gasteiger partial charge in [0.15, 0.2) is 0 Å². The van der Waals surface area contributed by atoms with Crippen LogP contribution in [0.3, 0.4) is 0 Å². The Labute approximate surface area is 135 Å². The first kappa shape index (κ1) is 15.3. The number of aliphatic carboxylic acids is 1. The second kappa shape index (κ2) is 5.92. The Morgan fingerprint density at radius 3 is 2.68 bits per heavy atom. The fourth-order valence-electron chi connectivity index (χ4n) is 3.85. The van der Waals surface area contributed by atoms with Gasteiger partial charge in [-0.25, -0.2) is 4.79 Å². The van der Waals surface area contributed by atoms with Crippen molar-refractivity contribution >= 4 is 23.5 Å². The molecular formula is C17H20ClNO3. The molecule has 1 aliphatic heterocycles. The van der Waals surface area contributed by atoms with E-state index in [1.807, 2.05) is 6.92 Å². The van der Waals surface area contributed by atoms with Crippen molar-refractivity contribution in [1.82, 2.24) is 4.90 Å². The van der Waals surface area contributed by atoms with Crippen LogP contribution in [0.4, 0.5) is 0 Å². The number of halogens is 1. The average molecular weight is 322 g/mol. The van der Waals surface area contributed by atoms with Crippen molar-refractivity contribution in [1.29, 1.82) is 0 Å². The number of carbonyl (C=O) groups excluding carboxylic acids is 1. The molecule has 0 radical (unpaired) electrons. The smallest absolute Gasteiger partial charge is 0.326 e. The van der Waals surface area contributed by atoms with Gasteiger partial charge in [0.05, 0.1) is 0 Å². The van der Waals surface area contributed by atoms with Crippen molar-refractivity contribution < 1.29 is 14.7 Å². The third-order valence-corrected chi connectivity index (χ3v) is 5.43. The van der Waals surface area contributed by atoms with Crippen molar-refractivity contribution in [3.05, 3.63) is 34.3 Å². The Hall–Kier alpha value is -1.55. The highest BCUT2D eigenvalue weighted by Gasteiger charge is 2.47. The summed E-state index contributed by atoms with van der Waals surface area (Å²) in [5, 5.41) is 10.0. The van der Waals surface area contributed by atoms with Crippen LogP contribution in [0.2, 0.25) is 5.02 Å². The molecule has 1 aromatic carbocycles. The number of fused-ring (bicyclic) bond motifs is 1. The zero-order valence-corrected chi connectivity index (χ0v) is 13.3. The standard InChI is InChI=1S/C17H20ClNO3/c1-10-6-7-12(8-13(10)18)16(20)19-14-5-3-2-4-11(14)9-15(19)17(21)22/h6-8,11,14-15H,2-5,9H2,1H3,(H,21,22). The van der Waals surface area contributed by atoms with Crippen LogP contribution >= 0.6 is 11.6 Å². The summed E-state index contributed by atoms with van der Waals surface area (Å²) in [6.45, 7) is 1.88. The number of hydrogen-bond donors (Lipinski definition) is 1. The van der Waals surface area contributed by atoms with Crippen molar-refractivity contribution in [2.75, 3.05) is 0 Å². The van der Waals surface area contributed by atoms with Crippen LogP contribution in [0.1, 0.15) is 48.0 Å². The molecule has 1 aliphatic carbocycles. The number of hydrogen-bond acceptors (Lipinski definition) is 2. The quantitative estimate of drug-likeness (QED) is 0.907. The summed E-state index contributed by atoms with van der Waals surface area (Å²) in [6, 6.07) is 4.54. The monoisotopic (exact) mass is 321 g/mol. The Morgan fingerprint density at radius 2 is 2.00 bits per heavy atom. The summed E-state index contributed by atoms with van der Waals surface area (Å²) in [7, 11) is 0. The van der Waals surface area contributed by atoms with Gasteiger partial charge in [0.1, 0.15) is 6.04 Å². The number of nitrogens with zero attached hydrogens (tertiary/aromatic N) is 1. The van der Waals surface area contributed by atoms with E-state index < -0.39 is 12.0 Å². The third kappa shape index (κ3) is 2.60. The Balaban J connectivity index is 1.93. The highest BCUT2D eigenvalue weighted by atomic mass is 35.5. The Morgan fingerprint density at radius 1 is 1.27 bits per heavy atom. The Bertz CT molecular complexity index is 616. The molecule has 4 nitrogen and oxygen atoms in total. The second-order valence-corrected chi connectivity index (χ2v) is 6.79. The normalized spacial score (nSPS) is 27.5. The average Bonchev–Trinajstić information content (AvgIpc) is 2.89. The predicted octanol–water partition coefficient (Wildman–Crippen LogP) is 3.51. The highest BCUT2D eigenvalue weighted by Crippen LogP contribution is 2.40. The molecule has 1 N–H and O–H groups in total. The summed E-state index contributed by atoms with van der Waals surface area (Å²) >= 11 is 6.11. The van der Waals surface area contributed by atoms with Gasteiger partial charge in [-0.15, -0.1) is 0 Å². The topological polar surface area (TPSA) is 57.6 Å². The van der Waals surface area contributed by atoms with Gasteiger partial charge in [-0.3, -0.25) is 4.79 Å². The minimum absolute atomic E-state index is 0.0578. The first-order valence-corrected chi connectivity index (χ1v) is 8.18. The molecule has 2 aliphatic rings. The summed E-state index contributed by atoms with van der Waals surface area (Å²) < 4.78 is 0. The van der Waals surface area contributed by atoms with Crippen LogP contribution in [0.15, 0.2) is 18.2 Å². The predicted molar refractivity (Wildman–Crippen MR) is 84.1 cm³/mol. The summed E-state index contributed by atoms with van der Waals surface area (Å²) in [5.41, 5.74) is 1.39. The van der Waals surface area contributed by atoms with E-state index in [2.05, 4.69) is 0 Å². The van der Waals surface area contributed by atoms with Crippen molar-refractivity contribution in [2.24, 2.45) is 5.92 Å². The van der Waals surface area contributed by atoms with E-state index >= 15 is 0 Å². The van der Waals surface area contributed by atoms with E-state index in [-0.39, 0.29) is 11.9 Å². The van der Waals surface area contributed by atoms with Crippen LogP contribution in [0, 0.1) is 12.8 Å². The van der Waals surface area contributed by atoms with E-state index in [0.717, 1.165) is 31.2 Å². The van der Waals surface area contributed by atoms with Crippen molar-refractivity contribution in [2.45, 2.75) is 51.1 Å². The van der Waals surface area contributed by atoms with E-state index in [1.165, 1.54) is 0 Å². The summed E-state index contributed by atoms with van der Waals surface area (Å²) in [4.78, 5) is 26.1. The molecule has 2 fully saturated rings.